The Morgan fingerprint density at radius 3 is 2.54 bits per heavy atom. The topological polar surface area (TPSA) is 122 Å². The van der Waals surface area contributed by atoms with E-state index in [-0.39, 0.29) is 5.57 Å². The molecule has 0 aromatic carbocycles. The molecule has 2 fully saturated rings. The number of hydrogen-bond donors (Lipinski definition) is 1. The Hall–Kier alpha value is -2.55. The van der Waals surface area contributed by atoms with Crippen molar-refractivity contribution < 1.29 is 27.9 Å². The van der Waals surface area contributed by atoms with Gasteiger partial charge in [0, 0.05) is 11.8 Å². The minimum atomic E-state index is -3.90. The zero-order valence-corrected chi connectivity index (χ0v) is 13.6. The molecule has 2 saturated heterocycles. The average Bonchev–Trinajstić information content (AvgIpc) is 2.66. The van der Waals surface area contributed by atoms with E-state index in [1.54, 1.807) is 0 Å². The highest BCUT2D eigenvalue weighted by Crippen LogP contribution is 2.48. The molecule has 1 aromatic heterocycles. The number of carbonyl (C=O) groups excluding carboxylic acids is 2. The molecule has 2 atom stereocenters. The molecule has 0 saturated carbocycles. The van der Waals surface area contributed by atoms with E-state index in [1.165, 1.54) is 38.3 Å². The summed E-state index contributed by atoms with van der Waals surface area (Å²) in [6, 6.07) is 1.54. The first-order chi connectivity index (χ1) is 11.1. The Morgan fingerprint density at radius 1 is 1.38 bits per heavy atom. The van der Waals surface area contributed by atoms with Crippen molar-refractivity contribution in [2.45, 2.75) is 30.0 Å². The number of fused-ring (bicyclic) bond motifs is 1. The third-order valence-electron chi connectivity index (χ3n) is 4.45. The molecular weight excluding hydrogens is 336 g/mol. The van der Waals surface area contributed by atoms with Crippen molar-refractivity contribution in [3.8, 4) is 0 Å². The molecule has 1 amide bonds. The fourth-order valence-electron chi connectivity index (χ4n) is 3.07. The van der Waals surface area contributed by atoms with E-state index in [4.69, 9.17) is 0 Å². The number of rotatable bonds is 3. The number of carboxylic acids is 1. The summed E-state index contributed by atoms with van der Waals surface area (Å²) in [7, 11) is -3.90. The molecule has 2 aliphatic heterocycles. The van der Waals surface area contributed by atoms with E-state index < -0.39 is 37.9 Å². The Labute approximate surface area is 137 Å². The summed E-state index contributed by atoms with van der Waals surface area (Å²) in [5.74, 6) is -1.99. The predicted octanol–water partition coefficient (Wildman–Crippen LogP) is 0.106. The van der Waals surface area contributed by atoms with Crippen LogP contribution in [0, 0.1) is 0 Å². The third-order valence-corrected chi connectivity index (χ3v) is 7.21. The van der Waals surface area contributed by atoms with Crippen molar-refractivity contribution in [1.82, 2.24) is 9.88 Å². The summed E-state index contributed by atoms with van der Waals surface area (Å²) < 4.78 is 23.8. The Morgan fingerprint density at radius 2 is 2.04 bits per heavy atom. The van der Waals surface area contributed by atoms with Crippen molar-refractivity contribution in [1.29, 1.82) is 0 Å². The van der Waals surface area contributed by atoms with Crippen LogP contribution in [-0.2, 0) is 19.4 Å². The monoisotopic (exact) mass is 350 g/mol. The summed E-state index contributed by atoms with van der Waals surface area (Å²) in [6.07, 6.45) is 3.23. The number of β-lactam (4-membered cyclic amide) rings is 1. The second kappa shape index (κ2) is 4.97. The molecule has 126 valence electrons. The van der Waals surface area contributed by atoms with Gasteiger partial charge in [-0.05, 0) is 32.1 Å². The fourth-order valence-corrected chi connectivity index (χ4v) is 5.19. The van der Waals surface area contributed by atoms with Crippen LogP contribution in [0.1, 0.15) is 29.9 Å². The van der Waals surface area contributed by atoms with Crippen LogP contribution in [-0.4, -0.2) is 57.7 Å². The maximum Gasteiger partial charge on any atom is 0.328 e. The number of carbonyl (C=O) groups is 3. The molecule has 0 unspecified atom stereocenters. The lowest BCUT2D eigenvalue weighted by molar-refractivity contribution is -0.152. The molecule has 1 aromatic rings. The summed E-state index contributed by atoms with van der Waals surface area (Å²) in [5.41, 5.74) is 0.646. The van der Waals surface area contributed by atoms with Crippen LogP contribution in [0.15, 0.2) is 23.9 Å². The maximum absolute atomic E-state index is 12.7. The van der Waals surface area contributed by atoms with Gasteiger partial charge in [0.15, 0.2) is 27.5 Å². The molecule has 0 spiro atoms. The molecule has 3 heterocycles. The second-order valence-corrected chi connectivity index (χ2v) is 8.78. The SMILES string of the molecule is CC1(C)[C@H](C(=O)O)N2C(=O)/C(=C/c3ccc(C=O)cn3)[C@H]2S1(=O)=O. The third kappa shape index (κ3) is 1.94. The summed E-state index contributed by atoms with van der Waals surface area (Å²) >= 11 is 0. The molecule has 3 rings (SSSR count). The van der Waals surface area contributed by atoms with Crippen LogP contribution in [0.25, 0.3) is 6.08 Å². The van der Waals surface area contributed by atoms with Gasteiger partial charge in [0.2, 0.25) is 0 Å². The van der Waals surface area contributed by atoms with Gasteiger partial charge in [-0.3, -0.25) is 14.6 Å². The molecule has 9 heteroatoms. The lowest BCUT2D eigenvalue weighted by Gasteiger charge is -2.37. The molecule has 0 radical (unpaired) electrons. The predicted molar refractivity (Wildman–Crippen MR) is 82.7 cm³/mol. The minimum absolute atomic E-state index is 0.0156. The van der Waals surface area contributed by atoms with Gasteiger partial charge in [-0.1, -0.05) is 0 Å². The average molecular weight is 350 g/mol. The molecule has 0 bridgehead atoms. The van der Waals surface area contributed by atoms with E-state index in [9.17, 15) is 27.9 Å². The van der Waals surface area contributed by atoms with E-state index in [0.29, 0.717) is 17.5 Å². The van der Waals surface area contributed by atoms with Gasteiger partial charge < -0.3 is 10.0 Å². The number of sulfone groups is 1. The van der Waals surface area contributed by atoms with Crippen LogP contribution in [0.3, 0.4) is 0 Å². The fraction of sp³-hybridized carbons (Fsp3) is 0.333. The van der Waals surface area contributed by atoms with Gasteiger partial charge >= 0.3 is 5.97 Å². The first-order valence-electron chi connectivity index (χ1n) is 7.04. The lowest BCUT2D eigenvalue weighted by Crippen LogP contribution is -2.58. The van der Waals surface area contributed by atoms with E-state index in [1.807, 2.05) is 0 Å². The van der Waals surface area contributed by atoms with Gasteiger partial charge in [0.05, 0.1) is 11.3 Å². The zero-order chi connectivity index (χ0) is 17.9. The number of hydrogen-bond acceptors (Lipinski definition) is 6. The van der Waals surface area contributed by atoms with E-state index in [0.717, 1.165) is 4.90 Å². The highest BCUT2D eigenvalue weighted by molar-refractivity contribution is 7.94. The smallest absolute Gasteiger partial charge is 0.328 e. The van der Waals surface area contributed by atoms with Crippen LogP contribution < -0.4 is 0 Å². The number of aliphatic carboxylic acids is 1. The first-order valence-corrected chi connectivity index (χ1v) is 8.59. The van der Waals surface area contributed by atoms with Crippen LogP contribution in [0.4, 0.5) is 0 Å². The summed E-state index contributed by atoms with van der Waals surface area (Å²) in [5, 5.41) is 8.05. The minimum Gasteiger partial charge on any atom is -0.480 e. The number of carboxylic acid groups (broad SMARTS) is 1. The molecule has 8 nitrogen and oxygen atoms in total. The van der Waals surface area contributed by atoms with Crippen molar-refractivity contribution in [2.24, 2.45) is 0 Å². The van der Waals surface area contributed by atoms with Gasteiger partial charge in [-0.15, -0.1) is 0 Å². The largest absolute Gasteiger partial charge is 0.480 e. The first kappa shape index (κ1) is 16.3. The van der Waals surface area contributed by atoms with Crippen LogP contribution in [0.2, 0.25) is 0 Å². The molecule has 2 aliphatic rings. The Balaban J connectivity index is 2.05. The van der Waals surface area contributed by atoms with E-state index in [2.05, 4.69) is 4.98 Å². The Bertz CT molecular complexity index is 885. The van der Waals surface area contributed by atoms with Gasteiger partial charge in [0.1, 0.15) is 4.75 Å². The number of pyridine rings is 1. The number of aldehydes is 1. The van der Waals surface area contributed by atoms with Crippen LogP contribution in [0.5, 0.6) is 0 Å². The number of amides is 1. The number of nitrogens with zero attached hydrogens (tertiary/aromatic N) is 2. The normalized spacial score (nSPS) is 28.3. The quantitative estimate of drug-likeness (QED) is 0.466. The molecule has 0 aliphatic carbocycles. The van der Waals surface area contributed by atoms with Crippen molar-refractivity contribution in [3.63, 3.8) is 0 Å². The lowest BCUT2D eigenvalue weighted by atomic mass is 9.95. The van der Waals surface area contributed by atoms with Crippen molar-refractivity contribution in [2.75, 3.05) is 0 Å². The Kier molecular flexibility index (Phi) is 3.38. The zero-order valence-electron chi connectivity index (χ0n) is 12.8. The summed E-state index contributed by atoms with van der Waals surface area (Å²) in [6.45, 7) is 2.61. The highest BCUT2D eigenvalue weighted by atomic mass is 32.2. The van der Waals surface area contributed by atoms with Crippen molar-refractivity contribution in [3.05, 3.63) is 35.2 Å². The highest BCUT2D eigenvalue weighted by Gasteiger charge is 2.70. The summed E-state index contributed by atoms with van der Waals surface area (Å²) in [4.78, 5) is 39.2. The molecular formula is C15H14N2O6S. The standard InChI is InChI=1S/C15H14N2O6S/c1-15(2)11(14(20)21)17-12(19)10(13(17)24(15,22)23)5-9-4-3-8(7-18)6-16-9/h3-7,11,13H,1-2H3,(H,20,21)/b10-5-/t11-,13+/m0/s1. The molecule has 1 N–H and O–H groups in total. The van der Waals surface area contributed by atoms with Crippen molar-refractivity contribution >= 4 is 34.1 Å². The van der Waals surface area contributed by atoms with Gasteiger partial charge in [-0.25, -0.2) is 13.2 Å². The molecule has 24 heavy (non-hydrogen) atoms. The maximum atomic E-state index is 12.7. The van der Waals surface area contributed by atoms with Gasteiger partial charge in [0.25, 0.3) is 5.91 Å². The number of aromatic nitrogens is 1. The van der Waals surface area contributed by atoms with Crippen LogP contribution >= 0.6 is 0 Å². The second-order valence-electron chi connectivity index (χ2n) is 6.19. The van der Waals surface area contributed by atoms with E-state index >= 15 is 0 Å². The van der Waals surface area contributed by atoms with Gasteiger partial charge in [-0.2, -0.15) is 0 Å².